The Morgan fingerprint density at radius 2 is 1.67 bits per heavy atom. The highest BCUT2D eigenvalue weighted by Gasteiger charge is 2.32. The Morgan fingerprint density at radius 3 is 2.33 bits per heavy atom. The number of nitrogens with one attached hydrogen (secondary N) is 1. The maximum Gasteiger partial charge on any atom is 0.234 e. The van der Waals surface area contributed by atoms with Gasteiger partial charge in [0, 0.05) is 0 Å². The van der Waals surface area contributed by atoms with Gasteiger partial charge in [0.2, 0.25) is 5.91 Å². The summed E-state index contributed by atoms with van der Waals surface area (Å²) in [7, 11) is 0. The summed E-state index contributed by atoms with van der Waals surface area (Å²) in [6, 6.07) is 10.6. The lowest BCUT2D eigenvalue weighted by Crippen LogP contribution is -2.35. The molecule has 0 unspecified atom stereocenters. The van der Waals surface area contributed by atoms with Crippen LogP contribution in [0.4, 0.5) is 5.69 Å². The van der Waals surface area contributed by atoms with Gasteiger partial charge in [-0.15, -0.1) is 0 Å². The third-order valence-electron chi connectivity index (χ3n) is 4.03. The van der Waals surface area contributed by atoms with Gasteiger partial charge in [-0.2, -0.15) is 0 Å². The van der Waals surface area contributed by atoms with Crippen molar-refractivity contribution in [1.82, 2.24) is 0 Å². The van der Waals surface area contributed by atoms with Gasteiger partial charge in [0.1, 0.15) is 13.2 Å². The maximum absolute atomic E-state index is 12.8. The first-order valence-electron chi connectivity index (χ1n) is 7.55. The number of amides is 1. The molecule has 6 heteroatoms. The molecule has 3 rings (SSSR count). The Bertz CT molecular complexity index is 770. The average molecular weight is 366 g/mol. The van der Waals surface area contributed by atoms with E-state index in [1.54, 1.807) is 18.2 Å². The number of halogens is 2. The van der Waals surface area contributed by atoms with Gasteiger partial charge in [0.05, 0.1) is 21.1 Å². The summed E-state index contributed by atoms with van der Waals surface area (Å²) in [6.07, 6.45) is 0. The van der Waals surface area contributed by atoms with Crippen LogP contribution in [-0.4, -0.2) is 19.1 Å². The smallest absolute Gasteiger partial charge is 0.234 e. The molecule has 2 aromatic carbocycles. The standard InChI is InChI=1S/C18H17Cl2NO3/c1-18(2,11-6-7-14-15(10-11)24-9-8-23-14)17(22)21-16-12(19)4-3-5-13(16)20/h3-7,10H,8-9H2,1-2H3,(H,21,22). The lowest BCUT2D eigenvalue weighted by atomic mass is 9.83. The normalized spacial score (nSPS) is 13.5. The summed E-state index contributed by atoms with van der Waals surface area (Å²) >= 11 is 12.3. The number of carbonyl (C=O) groups excluding carboxylic acids is 1. The van der Waals surface area contributed by atoms with Crippen molar-refractivity contribution in [2.24, 2.45) is 0 Å². The van der Waals surface area contributed by atoms with Crippen LogP contribution in [0.3, 0.4) is 0 Å². The Morgan fingerprint density at radius 1 is 1.04 bits per heavy atom. The van der Waals surface area contributed by atoms with Crippen LogP contribution in [0.25, 0.3) is 0 Å². The van der Waals surface area contributed by atoms with E-state index >= 15 is 0 Å². The summed E-state index contributed by atoms with van der Waals surface area (Å²) in [6.45, 7) is 4.69. The molecular weight excluding hydrogens is 349 g/mol. The van der Waals surface area contributed by atoms with Crippen molar-refractivity contribution >= 4 is 34.8 Å². The number of hydrogen-bond acceptors (Lipinski definition) is 3. The van der Waals surface area contributed by atoms with Crippen LogP contribution in [-0.2, 0) is 10.2 Å². The molecule has 0 saturated heterocycles. The van der Waals surface area contributed by atoms with Crippen molar-refractivity contribution in [2.75, 3.05) is 18.5 Å². The topological polar surface area (TPSA) is 47.6 Å². The summed E-state index contributed by atoms with van der Waals surface area (Å²) in [5, 5.41) is 3.62. The summed E-state index contributed by atoms with van der Waals surface area (Å²) in [5.41, 5.74) is 0.419. The zero-order valence-corrected chi connectivity index (χ0v) is 14.9. The molecule has 0 bridgehead atoms. The minimum absolute atomic E-state index is 0.214. The average Bonchev–Trinajstić information content (AvgIpc) is 2.57. The Kier molecular flexibility index (Phi) is 4.61. The van der Waals surface area contributed by atoms with E-state index in [0.717, 1.165) is 5.56 Å². The van der Waals surface area contributed by atoms with Gasteiger partial charge in [-0.1, -0.05) is 35.3 Å². The summed E-state index contributed by atoms with van der Waals surface area (Å²) in [4.78, 5) is 12.8. The summed E-state index contributed by atoms with van der Waals surface area (Å²) < 4.78 is 11.1. The van der Waals surface area contributed by atoms with E-state index in [9.17, 15) is 4.79 Å². The molecule has 1 N–H and O–H groups in total. The molecule has 1 aliphatic heterocycles. The monoisotopic (exact) mass is 365 g/mol. The predicted octanol–water partition coefficient (Wildman–Crippen LogP) is 4.68. The number of fused-ring (bicyclic) bond motifs is 1. The van der Waals surface area contributed by atoms with E-state index in [2.05, 4.69) is 5.32 Å². The molecule has 1 amide bonds. The van der Waals surface area contributed by atoms with Crippen LogP contribution in [0, 0.1) is 0 Å². The minimum Gasteiger partial charge on any atom is -0.486 e. The number of benzene rings is 2. The first-order chi connectivity index (χ1) is 11.4. The third-order valence-corrected chi connectivity index (χ3v) is 4.66. The van der Waals surface area contributed by atoms with Crippen molar-refractivity contribution in [3.05, 3.63) is 52.0 Å². The van der Waals surface area contributed by atoms with Crippen molar-refractivity contribution < 1.29 is 14.3 Å². The Balaban J connectivity index is 1.88. The van der Waals surface area contributed by atoms with Gasteiger partial charge in [0.25, 0.3) is 0 Å². The Hall–Kier alpha value is -1.91. The molecule has 1 aliphatic rings. The number of hydrogen-bond donors (Lipinski definition) is 1. The molecule has 0 fully saturated rings. The zero-order chi connectivity index (χ0) is 17.3. The summed E-state index contributed by atoms with van der Waals surface area (Å²) in [5.74, 6) is 1.12. The van der Waals surface area contributed by atoms with E-state index in [-0.39, 0.29) is 5.91 Å². The van der Waals surface area contributed by atoms with Gasteiger partial charge in [-0.3, -0.25) is 4.79 Å². The second kappa shape index (κ2) is 6.54. The van der Waals surface area contributed by atoms with Crippen LogP contribution in [0.5, 0.6) is 11.5 Å². The van der Waals surface area contributed by atoms with Gasteiger partial charge in [-0.05, 0) is 43.7 Å². The lowest BCUT2D eigenvalue weighted by Gasteiger charge is -2.27. The van der Waals surface area contributed by atoms with E-state index < -0.39 is 5.41 Å². The quantitative estimate of drug-likeness (QED) is 0.858. The highest BCUT2D eigenvalue weighted by molar-refractivity contribution is 6.39. The molecule has 0 spiro atoms. The van der Waals surface area contributed by atoms with Crippen molar-refractivity contribution in [1.29, 1.82) is 0 Å². The number of anilines is 1. The molecule has 0 saturated carbocycles. The fourth-order valence-corrected chi connectivity index (χ4v) is 2.94. The molecule has 2 aromatic rings. The highest BCUT2D eigenvalue weighted by atomic mass is 35.5. The molecular formula is C18H17Cl2NO3. The van der Waals surface area contributed by atoms with Crippen LogP contribution in [0.15, 0.2) is 36.4 Å². The number of carbonyl (C=O) groups is 1. The number of para-hydroxylation sites is 1. The van der Waals surface area contributed by atoms with Crippen molar-refractivity contribution in [2.45, 2.75) is 19.3 Å². The third kappa shape index (κ3) is 3.17. The van der Waals surface area contributed by atoms with Gasteiger partial charge < -0.3 is 14.8 Å². The molecule has 0 radical (unpaired) electrons. The predicted molar refractivity (Wildman–Crippen MR) is 95.5 cm³/mol. The van der Waals surface area contributed by atoms with Gasteiger partial charge >= 0.3 is 0 Å². The molecule has 0 aliphatic carbocycles. The minimum atomic E-state index is -0.807. The highest BCUT2D eigenvalue weighted by Crippen LogP contribution is 2.37. The molecule has 0 atom stereocenters. The number of ether oxygens (including phenoxy) is 2. The molecule has 1 heterocycles. The van der Waals surface area contributed by atoms with Crippen LogP contribution in [0.2, 0.25) is 10.0 Å². The van der Waals surface area contributed by atoms with Gasteiger partial charge in [0.15, 0.2) is 11.5 Å². The maximum atomic E-state index is 12.8. The van der Waals surface area contributed by atoms with Crippen LogP contribution < -0.4 is 14.8 Å². The first-order valence-corrected chi connectivity index (χ1v) is 8.31. The second-order valence-corrected chi connectivity index (χ2v) is 6.85. The molecule has 24 heavy (non-hydrogen) atoms. The lowest BCUT2D eigenvalue weighted by molar-refractivity contribution is -0.120. The van der Waals surface area contributed by atoms with Crippen molar-refractivity contribution in [3.63, 3.8) is 0 Å². The SMILES string of the molecule is CC(C)(C(=O)Nc1c(Cl)cccc1Cl)c1ccc2c(c1)OCCO2. The molecule has 0 aromatic heterocycles. The fraction of sp³-hybridized carbons (Fsp3) is 0.278. The molecule has 4 nitrogen and oxygen atoms in total. The zero-order valence-electron chi connectivity index (χ0n) is 13.4. The van der Waals surface area contributed by atoms with Crippen LogP contribution in [0.1, 0.15) is 19.4 Å². The van der Waals surface area contributed by atoms with E-state index in [0.29, 0.717) is 40.4 Å². The van der Waals surface area contributed by atoms with Crippen LogP contribution >= 0.6 is 23.2 Å². The van der Waals surface area contributed by atoms with Crippen molar-refractivity contribution in [3.8, 4) is 11.5 Å². The first kappa shape index (κ1) is 16.9. The number of rotatable bonds is 3. The van der Waals surface area contributed by atoms with E-state index in [4.69, 9.17) is 32.7 Å². The second-order valence-electron chi connectivity index (χ2n) is 6.03. The van der Waals surface area contributed by atoms with E-state index in [1.165, 1.54) is 0 Å². The Labute approximate surface area is 150 Å². The van der Waals surface area contributed by atoms with E-state index in [1.807, 2.05) is 32.0 Å². The largest absolute Gasteiger partial charge is 0.486 e. The fourth-order valence-electron chi connectivity index (χ4n) is 2.45. The molecule has 126 valence electrons. The van der Waals surface area contributed by atoms with Gasteiger partial charge in [-0.25, -0.2) is 0 Å².